The summed E-state index contributed by atoms with van der Waals surface area (Å²) in [7, 11) is 2.02. The van der Waals surface area contributed by atoms with E-state index in [1.807, 2.05) is 7.05 Å². The lowest BCUT2D eigenvalue weighted by Gasteiger charge is -2.10. The number of hydrogen-bond acceptors (Lipinski definition) is 1. The third-order valence-electron chi connectivity index (χ3n) is 1.67. The molecule has 10 heavy (non-hydrogen) atoms. The van der Waals surface area contributed by atoms with E-state index < -0.39 is 0 Å². The summed E-state index contributed by atoms with van der Waals surface area (Å²) in [5.74, 6) is 0.848. The number of hydrogen-bond donors (Lipinski definition) is 1. The Balaban J connectivity index is 0. The minimum absolute atomic E-state index is 0. The smallest absolute Gasteiger partial charge is 0.00358 e. The second kappa shape index (κ2) is 7.36. The number of nitrogens with one attached hydrogen (secondary N) is 1. The van der Waals surface area contributed by atoms with Crippen molar-refractivity contribution >= 4 is 12.4 Å². The van der Waals surface area contributed by atoms with E-state index in [4.69, 9.17) is 0 Å². The van der Waals surface area contributed by atoms with Crippen molar-refractivity contribution in [2.75, 3.05) is 7.05 Å². The second-order valence-corrected chi connectivity index (χ2v) is 3.16. The number of halogens is 1. The van der Waals surface area contributed by atoms with E-state index in [2.05, 4.69) is 26.1 Å². The molecule has 0 spiro atoms. The summed E-state index contributed by atoms with van der Waals surface area (Å²) >= 11 is 0. The first-order valence-electron chi connectivity index (χ1n) is 3.84. The minimum atomic E-state index is 0. The summed E-state index contributed by atoms with van der Waals surface area (Å²) in [5, 5.41) is 3.22. The van der Waals surface area contributed by atoms with Gasteiger partial charge in [-0.3, -0.25) is 0 Å². The highest BCUT2D eigenvalue weighted by atomic mass is 35.5. The van der Waals surface area contributed by atoms with Gasteiger partial charge in [0.05, 0.1) is 0 Å². The van der Waals surface area contributed by atoms with E-state index in [1.165, 1.54) is 12.8 Å². The van der Waals surface area contributed by atoms with E-state index in [-0.39, 0.29) is 12.4 Å². The van der Waals surface area contributed by atoms with E-state index in [9.17, 15) is 0 Å². The van der Waals surface area contributed by atoms with Gasteiger partial charge in [0.15, 0.2) is 0 Å². The Labute approximate surface area is 71.0 Å². The summed E-state index contributed by atoms with van der Waals surface area (Å²) in [6.45, 7) is 6.76. The van der Waals surface area contributed by atoms with Gasteiger partial charge >= 0.3 is 0 Å². The Morgan fingerprint density at radius 1 is 1.10 bits per heavy atom. The molecular formula is C8H20ClN. The van der Waals surface area contributed by atoms with Crippen LogP contribution in [0.2, 0.25) is 0 Å². The normalized spacial score (nSPS) is 12.9. The van der Waals surface area contributed by atoms with Gasteiger partial charge in [-0.25, -0.2) is 0 Å². The van der Waals surface area contributed by atoms with Crippen molar-refractivity contribution in [2.24, 2.45) is 5.92 Å². The van der Waals surface area contributed by atoms with Crippen molar-refractivity contribution < 1.29 is 0 Å². The Morgan fingerprint density at radius 2 is 1.60 bits per heavy atom. The molecule has 0 aromatic rings. The molecule has 0 aromatic carbocycles. The van der Waals surface area contributed by atoms with Crippen LogP contribution < -0.4 is 5.32 Å². The van der Waals surface area contributed by atoms with Crippen molar-refractivity contribution in [3.8, 4) is 0 Å². The molecule has 1 atom stereocenters. The lowest BCUT2D eigenvalue weighted by Crippen LogP contribution is -2.21. The van der Waals surface area contributed by atoms with Crippen LogP contribution in [0.4, 0.5) is 0 Å². The first-order chi connectivity index (χ1) is 4.16. The Bertz CT molecular complexity index is 64.3. The van der Waals surface area contributed by atoms with Crippen LogP contribution in [0.5, 0.6) is 0 Å². The van der Waals surface area contributed by atoms with Gasteiger partial charge in [-0.05, 0) is 32.7 Å². The fraction of sp³-hybridized carbons (Fsp3) is 1.00. The van der Waals surface area contributed by atoms with Gasteiger partial charge in [0.1, 0.15) is 0 Å². The van der Waals surface area contributed by atoms with Crippen LogP contribution >= 0.6 is 12.4 Å². The lowest BCUT2D eigenvalue weighted by molar-refractivity contribution is 0.475. The van der Waals surface area contributed by atoms with E-state index >= 15 is 0 Å². The van der Waals surface area contributed by atoms with Gasteiger partial charge in [0.25, 0.3) is 0 Å². The zero-order chi connectivity index (χ0) is 7.28. The molecule has 1 nitrogen and oxygen atoms in total. The molecule has 1 N–H and O–H groups in total. The molecule has 0 fully saturated rings. The fourth-order valence-electron chi connectivity index (χ4n) is 0.728. The van der Waals surface area contributed by atoms with Crippen LogP contribution in [-0.2, 0) is 0 Å². The molecule has 0 saturated heterocycles. The quantitative estimate of drug-likeness (QED) is 0.675. The first-order valence-corrected chi connectivity index (χ1v) is 3.84. The monoisotopic (exact) mass is 165 g/mol. The van der Waals surface area contributed by atoms with E-state index in [0.717, 1.165) is 5.92 Å². The van der Waals surface area contributed by atoms with Crippen LogP contribution in [-0.4, -0.2) is 13.1 Å². The van der Waals surface area contributed by atoms with Crippen molar-refractivity contribution in [1.29, 1.82) is 0 Å². The van der Waals surface area contributed by atoms with Gasteiger partial charge < -0.3 is 5.32 Å². The zero-order valence-electron chi connectivity index (χ0n) is 7.48. The predicted octanol–water partition coefficient (Wildman–Crippen LogP) is 2.45. The van der Waals surface area contributed by atoms with Crippen LogP contribution in [0.1, 0.15) is 33.6 Å². The Kier molecular flexibility index (Phi) is 9.48. The van der Waals surface area contributed by atoms with E-state index in [1.54, 1.807) is 0 Å². The fourth-order valence-corrected chi connectivity index (χ4v) is 0.728. The largest absolute Gasteiger partial charge is 0.317 e. The van der Waals surface area contributed by atoms with Gasteiger partial charge in [0, 0.05) is 6.04 Å². The summed E-state index contributed by atoms with van der Waals surface area (Å²) in [6, 6.07) is 0.687. The zero-order valence-corrected chi connectivity index (χ0v) is 8.29. The highest BCUT2D eigenvalue weighted by molar-refractivity contribution is 5.85. The summed E-state index contributed by atoms with van der Waals surface area (Å²) in [5.41, 5.74) is 0. The third kappa shape index (κ3) is 8.25. The molecule has 0 aromatic heterocycles. The maximum Gasteiger partial charge on any atom is 0.00358 e. The minimum Gasteiger partial charge on any atom is -0.317 e. The second-order valence-electron chi connectivity index (χ2n) is 3.16. The average Bonchev–Trinajstić information content (AvgIpc) is 1.83. The molecule has 2 heteroatoms. The average molecular weight is 166 g/mol. The van der Waals surface area contributed by atoms with Crippen molar-refractivity contribution in [1.82, 2.24) is 5.32 Å². The first kappa shape index (κ1) is 12.9. The molecule has 0 amide bonds. The van der Waals surface area contributed by atoms with Gasteiger partial charge in [-0.15, -0.1) is 12.4 Å². The molecule has 0 aliphatic rings. The highest BCUT2D eigenvalue weighted by Crippen LogP contribution is 2.05. The molecular weight excluding hydrogens is 146 g/mol. The van der Waals surface area contributed by atoms with Crippen molar-refractivity contribution in [2.45, 2.75) is 39.7 Å². The molecule has 0 aliphatic carbocycles. The summed E-state index contributed by atoms with van der Waals surface area (Å²) in [6.07, 6.45) is 2.64. The van der Waals surface area contributed by atoms with Gasteiger partial charge in [0.2, 0.25) is 0 Å². The summed E-state index contributed by atoms with van der Waals surface area (Å²) < 4.78 is 0. The molecule has 0 aliphatic heterocycles. The summed E-state index contributed by atoms with van der Waals surface area (Å²) in [4.78, 5) is 0. The molecule has 64 valence electrons. The van der Waals surface area contributed by atoms with Gasteiger partial charge in [-0.1, -0.05) is 13.8 Å². The molecule has 0 radical (unpaired) electrons. The maximum atomic E-state index is 3.22. The lowest BCUT2D eigenvalue weighted by atomic mass is 10.0. The van der Waals surface area contributed by atoms with Crippen LogP contribution in [0, 0.1) is 5.92 Å². The predicted molar refractivity (Wildman–Crippen MR) is 49.8 cm³/mol. The standard InChI is InChI=1S/C8H19N.ClH/c1-7(2)5-6-8(3)9-4;/h7-9H,5-6H2,1-4H3;1H. The molecule has 0 saturated carbocycles. The van der Waals surface area contributed by atoms with Crippen LogP contribution in [0.3, 0.4) is 0 Å². The number of rotatable bonds is 4. The molecule has 0 bridgehead atoms. The Morgan fingerprint density at radius 3 is 1.90 bits per heavy atom. The maximum absolute atomic E-state index is 3.22. The SMILES string of the molecule is CNC(C)CCC(C)C.Cl. The van der Waals surface area contributed by atoms with E-state index in [0.29, 0.717) is 6.04 Å². The van der Waals surface area contributed by atoms with Gasteiger partial charge in [-0.2, -0.15) is 0 Å². The van der Waals surface area contributed by atoms with Crippen LogP contribution in [0.25, 0.3) is 0 Å². The molecule has 0 rings (SSSR count). The van der Waals surface area contributed by atoms with Crippen molar-refractivity contribution in [3.63, 3.8) is 0 Å². The topological polar surface area (TPSA) is 12.0 Å². The van der Waals surface area contributed by atoms with Crippen molar-refractivity contribution in [3.05, 3.63) is 0 Å². The molecule has 0 heterocycles. The highest BCUT2D eigenvalue weighted by Gasteiger charge is 1.98. The molecule has 1 unspecified atom stereocenters. The Hall–Kier alpha value is 0.250. The third-order valence-corrected chi connectivity index (χ3v) is 1.67. The van der Waals surface area contributed by atoms with Crippen LogP contribution in [0.15, 0.2) is 0 Å².